The Morgan fingerprint density at radius 2 is 1.89 bits per heavy atom. The molecular formula is C19H22N6OS. The number of tetrazole rings is 1. The SMILES string of the molecule is Cc1ccc(-n2nnnc2SCC(=O)Nc2ccc(N(C)C)cc2)c(C)c1. The number of aryl methyl sites for hydroxylation is 2. The number of aromatic nitrogens is 4. The molecule has 1 heterocycles. The van der Waals surface area contributed by atoms with Crippen LogP contribution in [0.15, 0.2) is 47.6 Å². The molecule has 1 amide bonds. The average Bonchev–Trinajstić information content (AvgIpc) is 3.09. The van der Waals surface area contributed by atoms with Gasteiger partial charge in [0.1, 0.15) is 0 Å². The Bertz CT molecular complexity index is 936. The summed E-state index contributed by atoms with van der Waals surface area (Å²) in [5, 5.41) is 15.3. The summed E-state index contributed by atoms with van der Waals surface area (Å²) in [6.45, 7) is 4.06. The van der Waals surface area contributed by atoms with Gasteiger partial charge >= 0.3 is 0 Å². The molecule has 0 aliphatic carbocycles. The molecule has 27 heavy (non-hydrogen) atoms. The largest absolute Gasteiger partial charge is 0.378 e. The van der Waals surface area contributed by atoms with Crippen LogP contribution >= 0.6 is 11.8 Å². The standard InChI is InChI=1S/C19H22N6OS/c1-13-5-10-17(14(2)11-13)25-19(21-22-23-25)27-12-18(26)20-15-6-8-16(9-7-15)24(3)4/h5-11H,12H2,1-4H3,(H,20,26). The number of nitrogens with zero attached hydrogens (tertiary/aromatic N) is 5. The van der Waals surface area contributed by atoms with Crippen LogP contribution < -0.4 is 10.2 Å². The van der Waals surface area contributed by atoms with Gasteiger partial charge in [-0.3, -0.25) is 4.79 Å². The van der Waals surface area contributed by atoms with E-state index in [-0.39, 0.29) is 11.7 Å². The van der Waals surface area contributed by atoms with Gasteiger partial charge in [0.15, 0.2) is 0 Å². The first-order valence-electron chi connectivity index (χ1n) is 8.50. The molecular weight excluding hydrogens is 360 g/mol. The van der Waals surface area contributed by atoms with Crippen LogP contribution in [-0.2, 0) is 4.79 Å². The minimum absolute atomic E-state index is 0.104. The number of carbonyl (C=O) groups is 1. The number of hydrogen-bond donors (Lipinski definition) is 1. The van der Waals surface area contributed by atoms with E-state index in [1.54, 1.807) is 4.68 Å². The lowest BCUT2D eigenvalue weighted by Gasteiger charge is -2.13. The highest BCUT2D eigenvalue weighted by atomic mass is 32.2. The van der Waals surface area contributed by atoms with Crippen molar-refractivity contribution in [3.8, 4) is 5.69 Å². The van der Waals surface area contributed by atoms with Crippen LogP contribution in [0.25, 0.3) is 5.69 Å². The van der Waals surface area contributed by atoms with Crippen LogP contribution in [-0.4, -0.2) is 46.0 Å². The van der Waals surface area contributed by atoms with Crippen molar-refractivity contribution < 1.29 is 4.79 Å². The maximum atomic E-state index is 12.3. The Kier molecular flexibility index (Phi) is 5.75. The van der Waals surface area contributed by atoms with E-state index in [2.05, 4.69) is 26.9 Å². The molecule has 0 aliphatic rings. The molecule has 1 N–H and O–H groups in total. The number of carbonyl (C=O) groups excluding carboxylic acids is 1. The van der Waals surface area contributed by atoms with Crippen molar-refractivity contribution in [2.45, 2.75) is 19.0 Å². The Morgan fingerprint density at radius 3 is 2.56 bits per heavy atom. The first kappa shape index (κ1) is 18.9. The first-order valence-corrected chi connectivity index (χ1v) is 9.48. The van der Waals surface area contributed by atoms with E-state index in [0.717, 1.165) is 22.6 Å². The summed E-state index contributed by atoms with van der Waals surface area (Å²) in [5.74, 6) is 0.119. The van der Waals surface area contributed by atoms with Crippen molar-refractivity contribution in [1.82, 2.24) is 20.2 Å². The van der Waals surface area contributed by atoms with E-state index < -0.39 is 0 Å². The summed E-state index contributed by atoms with van der Waals surface area (Å²) in [6.07, 6.45) is 0. The van der Waals surface area contributed by atoms with Crippen LogP contribution in [0.5, 0.6) is 0 Å². The molecule has 0 fully saturated rings. The third-order valence-corrected chi connectivity index (χ3v) is 4.94. The smallest absolute Gasteiger partial charge is 0.234 e. The average molecular weight is 382 g/mol. The molecule has 0 saturated heterocycles. The third-order valence-electron chi connectivity index (χ3n) is 4.02. The minimum Gasteiger partial charge on any atom is -0.378 e. The highest BCUT2D eigenvalue weighted by Gasteiger charge is 2.13. The molecule has 3 rings (SSSR count). The first-order chi connectivity index (χ1) is 12.9. The zero-order chi connectivity index (χ0) is 19.4. The van der Waals surface area contributed by atoms with Gasteiger partial charge in [0, 0.05) is 25.5 Å². The maximum Gasteiger partial charge on any atom is 0.234 e. The van der Waals surface area contributed by atoms with Crippen molar-refractivity contribution in [3.63, 3.8) is 0 Å². The van der Waals surface area contributed by atoms with Gasteiger partial charge in [0.25, 0.3) is 0 Å². The predicted octanol–water partition coefficient (Wildman–Crippen LogP) is 3.08. The molecule has 0 aliphatic heterocycles. The highest BCUT2D eigenvalue weighted by molar-refractivity contribution is 7.99. The number of amides is 1. The lowest BCUT2D eigenvalue weighted by Crippen LogP contribution is -2.15. The van der Waals surface area contributed by atoms with E-state index in [1.807, 2.05) is 69.2 Å². The van der Waals surface area contributed by atoms with Crippen LogP contribution in [0, 0.1) is 13.8 Å². The van der Waals surface area contributed by atoms with Gasteiger partial charge in [-0.1, -0.05) is 29.5 Å². The summed E-state index contributed by atoms with van der Waals surface area (Å²) in [6, 6.07) is 13.8. The van der Waals surface area contributed by atoms with Gasteiger partial charge in [0.2, 0.25) is 11.1 Å². The van der Waals surface area contributed by atoms with Crippen LogP contribution in [0.4, 0.5) is 11.4 Å². The van der Waals surface area contributed by atoms with Crippen molar-refractivity contribution >= 4 is 29.0 Å². The van der Waals surface area contributed by atoms with Crippen molar-refractivity contribution in [2.24, 2.45) is 0 Å². The van der Waals surface area contributed by atoms with Gasteiger partial charge in [-0.15, -0.1) is 5.10 Å². The normalized spacial score (nSPS) is 10.7. The molecule has 1 aromatic heterocycles. The van der Waals surface area contributed by atoms with Gasteiger partial charge in [-0.25, -0.2) is 0 Å². The van der Waals surface area contributed by atoms with Gasteiger partial charge in [-0.05, 0) is 60.2 Å². The molecule has 0 atom stereocenters. The fourth-order valence-electron chi connectivity index (χ4n) is 2.63. The highest BCUT2D eigenvalue weighted by Crippen LogP contribution is 2.22. The number of anilines is 2. The zero-order valence-electron chi connectivity index (χ0n) is 15.8. The van der Waals surface area contributed by atoms with Gasteiger partial charge in [-0.2, -0.15) is 4.68 Å². The van der Waals surface area contributed by atoms with E-state index in [1.165, 1.54) is 17.3 Å². The molecule has 7 nitrogen and oxygen atoms in total. The van der Waals surface area contributed by atoms with Crippen LogP contribution in [0.2, 0.25) is 0 Å². The Morgan fingerprint density at radius 1 is 1.15 bits per heavy atom. The molecule has 0 radical (unpaired) electrons. The van der Waals surface area contributed by atoms with Crippen molar-refractivity contribution in [2.75, 3.05) is 30.1 Å². The Balaban J connectivity index is 1.64. The molecule has 0 bridgehead atoms. The lowest BCUT2D eigenvalue weighted by molar-refractivity contribution is -0.113. The molecule has 140 valence electrons. The van der Waals surface area contributed by atoms with Crippen LogP contribution in [0.1, 0.15) is 11.1 Å². The second kappa shape index (κ2) is 8.22. The topological polar surface area (TPSA) is 75.9 Å². The fourth-order valence-corrected chi connectivity index (χ4v) is 3.32. The molecule has 3 aromatic rings. The summed E-state index contributed by atoms with van der Waals surface area (Å²) < 4.78 is 1.67. The Hall–Kier alpha value is -2.87. The maximum absolute atomic E-state index is 12.3. The van der Waals surface area contributed by atoms with E-state index >= 15 is 0 Å². The number of thioether (sulfide) groups is 1. The minimum atomic E-state index is -0.104. The number of hydrogen-bond acceptors (Lipinski definition) is 6. The summed E-state index contributed by atoms with van der Waals surface area (Å²) in [7, 11) is 3.95. The third kappa shape index (κ3) is 4.65. The second-order valence-electron chi connectivity index (χ2n) is 6.44. The summed E-state index contributed by atoms with van der Waals surface area (Å²) in [5.41, 5.74) is 5.01. The molecule has 0 unspecified atom stereocenters. The van der Waals surface area contributed by atoms with Gasteiger partial charge < -0.3 is 10.2 Å². The number of benzene rings is 2. The van der Waals surface area contributed by atoms with Crippen molar-refractivity contribution in [3.05, 3.63) is 53.6 Å². The number of rotatable bonds is 6. The monoisotopic (exact) mass is 382 g/mol. The number of nitrogens with one attached hydrogen (secondary N) is 1. The quantitative estimate of drug-likeness (QED) is 0.660. The zero-order valence-corrected chi connectivity index (χ0v) is 16.6. The molecule has 0 saturated carbocycles. The van der Waals surface area contributed by atoms with Crippen molar-refractivity contribution in [1.29, 1.82) is 0 Å². The predicted molar refractivity (Wildman–Crippen MR) is 109 cm³/mol. The lowest BCUT2D eigenvalue weighted by atomic mass is 10.1. The van der Waals surface area contributed by atoms with E-state index in [0.29, 0.717) is 5.16 Å². The summed E-state index contributed by atoms with van der Waals surface area (Å²) >= 11 is 1.30. The molecule has 8 heteroatoms. The Labute approximate surface area is 162 Å². The fraction of sp³-hybridized carbons (Fsp3) is 0.263. The molecule has 0 spiro atoms. The van der Waals surface area contributed by atoms with E-state index in [4.69, 9.17) is 0 Å². The molecule has 2 aromatic carbocycles. The second-order valence-corrected chi connectivity index (χ2v) is 7.38. The van der Waals surface area contributed by atoms with Crippen LogP contribution in [0.3, 0.4) is 0 Å². The summed E-state index contributed by atoms with van der Waals surface area (Å²) in [4.78, 5) is 14.3. The van der Waals surface area contributed by atoms with E-state index in [9.17, 15) is 4.79 Å². The van der Waals surface area contributed by atoms with Gasteiger partial charge in [0.05, 0.1) is 11.4 Å².